The maximum absolute atomic E-state index is 10.6. The van der Waals surface area contributed by atoms with Crippen molar-refractivity contribution in [2.45, 2.75) is 12.8 Å². The van der Waals surface area contributed by atoms with Gasteiger partial charge in [0.05, 0.1) is 5.56 Å². The molecule has 0 spiro atoms. The number of aliphatic hydroxyl groups excluding tert-OH is 1. The van der Waals surface area contributed by atoms with Crippen molar-refractivity contribution in [1.82, 2.24) is 0 Å². The molecule has 0 amide bonds. The first-order valence-corrected chi connectivity index (χ1v) is 5.65. The molecule has 1 aromatic rings. The van der Waals surface area contributed by atoms with Gasteiger partial charge in [-0.05, 0) is 43.0 Å². The number of hydrogen-bond acceptors (Lipinski definition) is 2. The Morgan fingerprint density at radius 3 is 2.47 bits per heavy atom. The van der Waals surface area contributed by atoms with Gasteiger partial charge in [-0.25, -0.2) is 4.79 Å². The van der Waals surface area contributed by atoms with Crippen LogP contribution in [-0.2, 0) is 0 Å². The lowest BCUT2D eigenvalue weighted by molar-refractivity contribution is 0.0697. The zero-order valence-corrected chi connectivity index (χ0v) is 9.39. The Hall–Kier alpha value is -1.79. The first kappa shape index (κ1) is 11.7. The van der Waals surface area contributed by atoms with Crippen LogP contribution in [-0.4, -0.2) is 22.8 Å². The minimum atomic E-state index is -0.922. The second-order valence-electron chi connectivity index (χ2n) is 4.37. The van der Waals surface area contributed by atoms with E-state index >= 15 is 0 Å². The molecule has 3 nitrogen and oxygen atoms in total. The quantitative estimate of drug-likeness (QED) is 0.761. The maximum Gasteiger partial charge on any atom is 0.335 e. The molecule has 1 fully saturated rings. The average molecular weight is 230 g/mol. The highest BCUT2D eigenvalue weighted by molar-refractivity contribution is 5.87. The summed E-state index contributed by atoms with van der Waals surface area (Å²) >= 11 is 0. The van der Waals surface area contributed by atoms with E-state index < -0.39 is 5.97 Å². The SMILES string of the molecule is O=C(O)c1ccc(C#CC2CC(CO)C2)cc1. The third kappa shape index (κ3) is 2.86. The lowest BCUT2D eigenvalue weighted by Crippen LogP contribution is -2.25. The summed E-state index contributed by atoms with van der Waals surface area (Å²) in [7, 11) is 0. The molecule has 0 aromatic heterocycles. The highest BCUT2D eigenvalue weighted by Gasteiger charge is 2.26. The molecule has 0 atom stereocenters. The Morgan fingerprint density at radius 2 is 1.94 bits per heavy atom. The van der Waals surface area contributed by atoms with E-state index in [2.05, 4.69) is 11.8 Å². The van der Waals surface area contributed by atoms with Gasteiger partial charge in [0.2, 0.25) is 0 Å². The number of rotatable bonds is 2. The number of aliphatic hydroxyl groups is 1. The average Bonchev–Trinajstić information content (AvgIpc) is 2.28. The van der Waals surface area contributed by atoms with Crippen LogP contribution < -0.4 is 0 Å². The van der Waals surface area contributed by atoms with Crippen LogP contribution in [0.5, 0.6) is 0 Å². The number of benzene rings is 1. The van der Waals surface area contributed by atoms with Crippen LogP contribution >= 0.6 is 0 Å². The van der Waals surface area contributed by atoms with Gasteiger partial charge in [0.25, 0.3) is 0 Å². The predicted octanol–water partition coefficient (Wildman–Crippen LogP) is 1.75. The zero-order chi connectivity index (χ0) is 12.3. The summed E-state index contributed by atoms with van der Waals surface area (Å²) in [4.78, 5) is 10.6. The smallest absolute Gasteiger partial charge is 0.335 e. The topological polar surface area (TPSA) is 57.5 Å². The fraction of sp³-hybridized carbons (Fsp3) is 0.357. The Labute approximate surface area is 100 Å². The van der Waals surface area contributed by atoms with Gasteiger partial charge in [-0.2, -0.15) is 0 Å². The molecule has 2 N–H and O–H groups in total. The molecular weight excluding hydrogens is 216 g/mol. The third-order valence-electron chi connectivity index (χ3n) is 3.05. The number of hydrogen-bond donors (Lipinski definition) is 2. The third-order valence-corrected chi connectivity index (χ3v) is 3.05. The van der Waals surface area contributed by atoms with Crippen molar-refractivity contribution in [3.63, 3.8) is 0 Å². The van der Waals surface area contributed by atoms with Gasteiger partial charge in [0.15, 0.2) is 0 Å². The van der Waals surface area contributed by atoms with Gasteiger partial charge < -0.3 is 10.2 Å². The Kier molecular flexibility index (Phi) is 3.46. The molecule has 2 rings (SSSR count). The van der Waals surface area contributed by atoms with Crippen LogP contribution in [0.15, 0.2) is 24.3 Å². The minimum absolute atomic E-state index is 0.255. The molecule has 0 bridgehead atoms. The van der Waals surface area contributed by atoms with Gasteiger partial charge in [0.1, 0.15) is 0 Å². The van der Waals surface area contributed by atoms with Gasteiger partial charge in [0, 0.05) is 18.1 Å². The monoisotopic (exact) mass is 230 g/mol. The van der Waals surface area contributed by atoms with Crippen LogP contribution in [0.4, 0.5) is 0 Å². The molecule has 0 saturated heterocycles. The van der Waals surface area contributed by atoms with E-state index in [9.17, 15) is 4.79 Å². The van der Waals surface area contributed by atoms with Crippen LogP contribution in [0.1, 0.15) is 28.8 Å². The van der Waals surface area contributed by atoms with E-state index in [1.165, 1.54) is 0 Å². The molecule has 88 valence electrons. The second-order valence-corrected chi connectivity index (χ2v) is 4.37. The van der Waals surface area contributed by atoms with Crippen LogP contribution in [0.25, 0.3) is 0 Å². The molecule has 1 aliphatic rings. The Morgan fingerprint density at radius 1 is 1.29 bits per heavy atom. The van der Waals surface area contributed by atoms with E-state index in [-0.39, 0.29) is 12.2 Å². The largest absolute Gasteiger partial charge is 0.478 e. The van der Waals surface area contributed by atoms with Gasteiger partial charge in [-0.15, -0.1) is 0 Å². The maximum atomic E-state index is 10.6. The summed E-state index contributed by atoms with van der Waals surface area (Å²) in [6, 6.07) is 6.56. The standard InChI is InChI=1S/C14H14O3/c15-9-12-7-11(8-12)2-1-10-3-5-13(6-4-10)14(16)17/h3-6,11-12,15H,7-9H2,(H,16,17). The predicted molar refractivity (Wildman–Crippen MR) is 63.6 cm³/mol. The number of carbonyl (C=O) groups is 1. The summed E-state index contributed by atoms with van der Waals surface area (Å²) in [5.74, 6) is 6.05. The molecule has 1 aliphatic carbocycles. The fourth-order valence-corrected chi connectivity index (χ4v) is 1.88. The van der Waals surface area contributed by atoms with Crippen LogP contribution in [0.3, 0.4) is 0 Å². The van der Waals surface area contributed by atoms with E-state index in [4.69, 9.17) is 10.2 Å². The first-order valence-electron chi connectivity index (χ1n) is 5.65. The highest BCUT2D eigenvalue weighted by atomic mass is 16.4. The van der Waals surface area contributed by atoms with E-state index in [1.54, 1.807) is 24.3 Å². The van der Waals surface area contributed by atoms with E-state index in [0.717, 1.165) is 18.4 Å². The molecule has 3 heteroatoms. The Balaban J connectivity index is 1.96. The van der Waals surface area contributed by atoms with Crippen molar-refractivity contribution < 1.29 is 15.0 Å². The second kappa shape index (κ2) is 5.03. The summed E-state index contributed by atoms with van der Waals surface area (Å²) in [5, 5.41) is 17.6. The molecule has 0 radical (unpaired) electrons. The summed E-state index contributed by atoms with van der Waals surface area (Å²) < 4.78 is 0. The molecule has 0 heterocycles. The number of carboxylic acids is 1. The lowest BCUT2D eigenvalue weighted by atomic mass is 9.76. The molecule has 17 heavy (non-hydrogen) atoms. The fourth-order valence-electron chi connectivity index (χ4n) is 1.88. The van der Waals surface area contributed by atoms with Crippen molar-refractivity contribution in [1.29, 1.82) is 0 Å². The summed E-state index contributed by atoms with van der Waals surface area (Å²) in [6.45, 7) is 0.255. The van der Waals surface area contributed by atoms with Crippen molar-refractivity contribution in [2.75, 3.05) is 6.61 Å². The van der Waals surface area contributed by atoms with E-state index in [0.29, 0.717) is 11.8 Å². The van der Waals surface area contributed by atoms with Crippen molar-refractivity contribution in [3.8, 4) is 11.8 Å². The van der Waals surface area contributed by atoms with Gasteiger partial charge >= 0.3 is 5.97 Å². The van der Waals surface area contributed by atoms with Crippen molar-refractivity contribution in [3.05, 3.63) is 35.4 Å². The van der Waals surface area contributed by atoms with Gasteiger partial charge in [-0.3, -0.25) is 0 Å². The van der Waals surface area contributed by atoms with Crippen molar-refractivity contribution in [2.24, 2.45) is 11.8 Å². The molecule has 0 unspecified atom stereocenters. The molecular formula is C14H14O3. The number of carboxylic acid groups (broad SMARTS) is 1. The first-order chi connectivity index (χ1) is 8.19. The van der Waals surface area contributed by atoms with E-state index in [1.807, 2.05) is 0 Å². The van der Waals surface area contributed by atoms with Gasteiger partial charge in [-0.1, -0.05) is 11.8 Å². The van der Waals surface area contributed by atoms with Crippen molar-refractivity contribution >= 4 is 5.97 Å². The zero-order valence-electron chi connectivity index (χ0n) is 9.39. The molecule has 0 aliphatic heterocycles. The van der Waals surface area contributed by atoms with Crippen LogP contribution in [0, 0.1) is 23.7 Å². The molecule has 1 saturated carbocycles. The summed E-state index contributed by atoms with van der Waals surface area (Å²) in [6.07, 6.45) is 1.94. The molecule has 1 aromatic carbocycles. The minimum Gasteiger partial charge on any atom is -0.478 e. The Bertz CT molecular complexity index is 458. The van der Waals surface area contributed by atoms with Crippen LogP contribution in [0.2, 0.25) is 0 Å². The highest BCUT2D eigenvalue weighted by Crippen LogP contribution is 2.32. The normalized spacial score (nSPS) is 22.2. The summed E-state index contributed by atoms with van der Waals surface area (Å²) in [5.41, 5.74) is 1.11. The number of aromatic carboxylic acids is 1. The lowest BCUT2D eigenvalue weighted by Gasteiger charge is -2.29.